The molecule has 3 nitrogen and oxygen atoms in total. The van der Waals surface area contributed by atoms with E-state index >= 15 is 0 Å². The van der Waals surface area contributed by atoms with Crippen LogP contribution in [0.1, 0.15) is 94.3 Å². The minimum Gasteiger partial charge on any atom is -0.478 e. The van der Waals surface area contributed by atoms with Gasteiger partial charge < -0.3 is 10.0 Å². The van der Waals surface area contributed by atoms with Crippen molar-refractivity contribution < 1.29 is 9.90 Å². The quantitative estimate of drug-likeness (QED) is 0.501. The van der Waals surface area contributed by atoms with Crippen molar-refractivity contribution in [1.82, 2.24) is 0 Å². The molecular formula is C31H39NO2. The summed E-state index contributed by atoms with van der Waals surface area (Å²) in [4.78, 5) is 14.6. The van der Waals surface area contributed by atoms with Crippen molar-refractivity contribution >= 4 is 22.4 Å². The predicted molar refractivity (Wildman–Crippen MR) is 137 cm³/mol. The standard InChI is InChI=1S/C31H39NO2/c1-2-30(18-26-4-3-5-27(26)19-30)32(31-15-20-10-21(16-31)12-22(11-20)17-31)28-9-8-23-13-25(29(33)34)7-6-24(23)14-28/h6-9,13-14,20-22,26-27H,2-5,10-12,15-19H2,1H3,(H,33,34). The molecule has 34 heavy (non-hydrogen) atoms. The van der Waals surface area contributed by atoms with Gasteiger partial charge in [-0.15, -0.1) is 0 Å². The normalized spacial score (nSPS) is 40.1. The van der Waals surface area contributed by atoms with E-state index in [0.29, 0.717) is 11.1 Å². The van der Waals surface area contributed by atoms with Crippen molar-refractivity contribution in [2.24, 2.45) is 29.6 Å². The maximum atomic E-state index is 11.5. The van der Waals surface area contributed by atoms with Gasteiger partial charge in [0, 0.05) is 16.8 Å². The molecule has 8 rings (SSSR count). The highest BCUT2D eigenvalue weighted by Gasteiger charge is 2.60. The van der Waals surface area contributed by atoms with Crippen LogP contribution in [0.3, 0.4) is 0 Å². The smallest absolute Gasteiger partial charge is 0.335 e. The average molecular weight is 458 g/mol. The first kappa shape index (κ1) is 21.3. The van der Waals surface area contributed by atoms with Crippen molar-refractivity contribution in [3.63, 3.8) is 0 Å². The molecule has 1 N–H and O–H groups in total. The largest absolute Gasteiger partial charge is 0.478 e. The molecule has 2 unspecified atom stereocenters. The van der Waals surface area contributed by atoms with Gasteiger partial charge in [0.1, 0.15) is 0 Å². The minimum atomic E-state index is -0.844. The van der Waals surface area contributed by atoms with Gasteiger partial charge in [0.2, 0.25) is 0 Å². The van der Waals surface area contributed by atoms with Crippen molar-refractivity contribution in [2.75, 3.05) is 4.90 Å². The van der Waals surface area contributed by atoms with E-state index in [0.717, 1.165) is 35.0 Å². The van der Waals surface area contributed by atoms with Crippen LogP contribution in [0, 0.1) is 29.6 Å². The van der Waals surface area contributed by atoms with E-state index in [1.807, 2.05) is 12.1 Å². The van der Waals surface area contributed by atoms with Gasteiger partial charge in [0.25, 0.3) is 0 Å². The number of aromatic carboxylic acids is 1. The fraction of sp³-hybridized carbons (Fsp3) is 0.645. The lowest BCUT2D eigenvalue weighted by Gasteiger charge is -2.65. The van der Waals surface area contributed by atoms with E-state index in [1.54, 1.807) is 6.07 Å². The molecule has 2 aromatic carbocycles. The Morgan fingerprint density at radius 2 is 1.47 bits per heavy atom. The summed E-state index contributed by atoms with van der Waals surface area (Å²) in [5, 5.41) is 11.7. The number of rotatable bonds is 5. The maximum absolute atomic E-state index is 11.5. The molecule has 180 valence electrons. The van der Waals surface area contributed by atoms with Crippen LogP contribution in [0.15, 0.2) is 36.4 Å². The molecular weight excluding hydrogens is 418 g/mol. The summed E-state index contributed by atoms with van der Waals surface area (Å²) < 4.78 is 0. The fourth-order valence-corrected chi connectivity index (χ4v) is 10.2. The van der Waals surface area contributed by atoms with Gasteiger partial charge in [-0.05, 0) is 122 Å². The van der Waals surface area contributed by atoms with Crippen LogP contribution < -0.4 is 4.90 Å². The molecule has 2 aromatic rings. The number of fused-ring (bicyclic) bond motifs is 2. The molecule has 0 radical (unpaired) electrons. The van der Waals surface area contributed by atoms with Crippen LogP contribution in [0.4, 0.5) is 5.69 Å². The van der Waals surface area contributed by atoms with Gasteiger partial charge in [-0.3, -0.25) is 0 Å². The molecule has 2 atom stereocenters. The van der Waals surface area contributed by atoms with E-state index in [2.05, 4.69) is 30.0 Å². The van der Waals surface area contributed by atoms with E-state index < -0.39 is 5.97 Å². The van der Waals surface area contributed by atoms with Crippen LogP contribution in [-0.2, 0) is 0 Å². The molecule has 6 saturated carbocycles. The molecule has 0 amide bonds. The Labute approximate surface area is 203 Å². The highest BCUT2D eigenvalue weighted by molar-refractivity contribution is 5.95. The van der Waals surface area contributed by atoms with Gasteiger partial charge in [-0.1, -0.05) is 38.3 Å². The number of carboxylic acids is 1. The van der Waals surface area contributed by atoms with Crippen molar-refractivity contribution in [2.45, 2.75) is 95.1 Å². The lowest BCUT2D eigenvalue weighted by atomic mass is 9.51. The van der Waals surface area contributed by atoms with Crippen LogP contribution >= 0.6 is 0 Å². The number of anilines is 1. The van der Waals surface area contributed by atoms with E-state index in [-0.39, 0.29) is 5.54 Å². The monoisotopic (exact) mass is 457 g/mol. The molecule has 0 aliphatic heterocycles. The Morgan fingerprint density at radius 3 is 2.06 bits per heavy atom. The van der Waals surface area contributed by atoms with Crippen LogP contribution in [0.25, 0.3) is 10.8 Å². The van der Waals surface area contributed by atoms with Gasteiger partial charge in [-0.25, -0.2) is 4.79 Å². The van der Waals surface area contributed by atoms with Crippen LogP contribution in [0.5, 0.6) is 0 Å². The van der Waals surface area contributed by atoms with Gasteiger partial charge in [0.15, 0.2) is 0 Å². The minimum absolute atomic E-state index is 0.288. The molecule has 4 bridgehead atoms. The molecule has 3 heteroatoms. The number of hydrogen-bond acceptors (Lipinski definition) is 2. The lowest BCUT2D eigenvalue weighted by Crippen LogP contribution is -2.66. The molecule has 6 aliphatic rings. The highest BCUT2D eigenvalue weighted by Crippen LogP contribution is 2.63. The first-order valence-electron chi connectivity index (χ1n) is 14.0. The summed E-state index contributed by atoms with van der Waals surface area (Å²) >= 11 is 0. The third-order valence-electron chi connectivity index (χ3n) is 11.0. The van der Waals surface area contributed by atoms with E-state index in [4.69, 9.17) is 0 Å². The zero-order chi connectivity index (χ0) is 23.1. The summed E-state index contributed by atoms with van der Waals surface area (Å²) in [7, 11) is 0. The first-order valence-corrected chi connectivity index (χ1v) is 14.0. The third-order valence-corrected chi connectivity index (χ3v) is 11.0. The topological polar surface area (TPSA) is 40.5 Å². The number of hydrogen-bond donors (Lipinski definition) is 1. The van der Waals surface area contributed by atoms with E-state index in [1.165, 1.54) is 88.1 Å². The molecule has 6 fully saturated rings. The third kappa shape index (κ3) is 3.11. The number of carbonyl (C=O) groups is 1. The highest BCUT2D eigenvalue weighted by atomic mass is 16.4. The number of benzene rings is 2. The number of nitrogens with zero attached hydrogens (tertiary/aromatic N) is 1. The molecule has 0 saturated heterocycles. The van der Waals surface area contributed by atoms with Crippen LogP contribution in [-0.4, -0.2) is 22.2 Å². The summed E-state index contributed by atoms with van der Waals surface area (Å²) in [6.07, 6.45) is 17.0. The average Bonchev–Trinajstić information content (AvgIpc) is 3.37. The van der Waals surface area contributed by atoms with Crippen molar-refractivity contribution in [3.8, 4) is 0 Å². The molecule has 0 spiro atoms. The Kier molecular flexibility index (Phi) is 4.68. The van der Waals surface area contributed by atoms with E-state index in [9.17, 15) is 9.90 Å². The SMILES string of the molecule is CCC1(N(c2ccc3cc(C(=O)O)ccc3c2)C23CC4CC(CC(C4)C2)C3)CC2CCCC2C1. The molecule has 6 aliphatic carbocycles. The van der Waals surface area contributed by atoms with Crippen LogP contribution in [0.2, 0.25) is 0 Å². The Bertz CT molecular complexity index is 1090. The lowest BCUT2D eigenvalue weighted by molar-refractivity contribution is -0.0159. The Balaban J connectivity index is 1.36. The second-order valence-corrected chi connectivity index (χ2v) is 13.0. The predicted octanol–water partition coefficient (Wildman–Crippen LogP) is 7.67. The zero-order valence-electron chi connectivity index (χ0n) is 20.6. The van der Waals surface area contributed by atoms with Gasteiger partial charge in [0.05, 0.1) is 5.56 Å². The Hall–Kier alpha value is -2.03. The van der Waals surface area contributed by atoms with Crippen molar-refractivity contribution in [1.29, 1.82) is 0 Å². The summed E-state index contributed by atoms with van der Waals surface area (Å²) in [6.45, 7) is 2.47. The van der Waals surface area contributed by atoms with Gasteiger partial charge >= 0.3 is 5.97 Å². The second-order valence-electron chi connectivity index (χ2n) is 13.0. The second kappa shape index (κ2) is 7.48. The molecule has 0 heterocycles. The first-order chi connectivity index (χ1) is 16.5. The zero-order valence-corrected chi connectivity index (χ0v) is 20.6. The fourth-order valence-electron chi connectivity index (χ4n) is 10.2. The maximum Gasteiger partial charge on any atom is 0.335 e. The van der Waals surface area contributed by atoms with Crippen molar-refractivity contribution in [3.05, 3.63) is 42.0 Å². The summed E-state index contributed by atoms with van der Waals surface area (Å²) in [6, 6.07) is 12.6. The number of carboxylic acid groups (broad SMARTS) is 1. The summed E-state index contributed by atoms with van der Waals surface area (Å²) in [5.41, 5.74) is 2.42. The molecule has 0 aromatic heterocycles. The van der Waals surface area contributed by atoms with Gasteiger partial charge in [-0.2, -0.15) is 0 Å². The summed E-state index contributed by atoms with van der Waals surface area (Å²) in [5.74, 6) is 3.81. The Morgan fingerprint density at radius 1 is 0.882 bits per heavy atom.